The van der Waals surface area contributed by atoms with E-state index in [0.717, 1.165) is 11.1 Å². The fourth-order valence-corrected chi connectivity index (χ4v) is 2.48. The van der Waals surface area contributed by atoms with Gasteiger partial charge in [0.2, 0.25) is 0 Å². The van der Waals surface area contributed by atoms with Crippen molar-refractivity contribution in [2.45, 2.75) is 13.8 Å². The molecule has 0 saturated heterocycles. The highest BCUT2D eigenvalue weighted by Gasteiger charge is 2.03. The van der Waals surface area contributed by atoms with Crippen molar-refractivity contribution in [3.63, 3.8) is 0 Å². The number of benzene rings is 1. The molecule has 0 fully saturated rings. The first-order valence-corrected chi connectivity index (χ1v) is 6.81. The maximum Gasteiger partial charge on any atom is 0.286 e. The Kier molecular flexibility index (Phi) is 4.16. The van der Waals surface area contributed by atoms with E-state index in [1.807, 2.05) is 44.6 Å². The topological polar surface area (TPSA) is 43.6 Å². The summed E-state index contributed by atoms with van der Waals surface area (Å²) in [5.41, 5.74) is 2.23. The average molecular weight is 276 g/mol. The van der Waals surface area contributed by atoms with Crippen LogP contribution in [0.1, 0.15) is 11.1 Å². The summed E-state index contributed by atoms with van der Waals surface area (Å²) in [5.74, 6) is 0.425. The van der Waals surface area contributed by atoms with Gasteiger partial charge in [0.1, 0.15) is 5.75 Å². The number of hydrogen-bond acceptors (Lipinski definition) is 3. The molecule has 0 aliphatic rings. The standard InChI is InChI=1S/C14H16N2O2S/c1-10-6-11(2)8-12(7-10)18-9-13(17)15-14-16(3)4-5-19-14/h4-8H,9H2,1-3H3. The molecule has 0 atom stereocenters. The molecule has 0 radical (unpaired) electrons. The Morgan fingerprint density at radius 3 is 2.58 bits per heavy atom. The number of amides is 1. The van der Waals surface area contributed by atoms with Crippen molar-refractivity contribution in [1.82, 2.24) is 4.57 Å². The van der Waals surface area contributed by atoms with E-state index in [1.165, 1.54) is 11.3 Å². The molecule has 0 aliphatic heterocycles. The van der Waals surface area contributed by atoms with Gasteiger partial charge in [-0.2, -0.15) is 4.99 Å². The largest absolute Gasteiger partial charge is 0.484 e. The van der Waals surface area contributed by atoms with E-state index < -0.39 is 0 Å². The molecule has 0 unspecified atom stereocenters. The lowest BCUT2D eigenvalue weighted by Crippen LogP contribution is -2.16. The molecule has 1 aromatic heterocycles. The Morgan fingerprint density at radius 1 is 1.32 bits per heavy atom. The molecule has 100 valence electrons. The summed E-state index contributed by atoms with van der Waals surface area (Å²) in [7, 11) is 1.85. The average Bonchev–Trinajstić information content (AvgIpc) is 2.71. The molecule has 5 heteroatoms. The van der Waals surface area contributed by atoms with Gasteiger partial charge in [0.05, 0.1) is 0 Å². The van der Waals surface area contributed by atoms with Gasteiger partial charge in [0.25, 0.3) is 5.91 Å². The van der Waals surface area contributed by atoms with Crippen molar-refractivity contribution in [1.29, 1.82) is 0 Å². The molecule has 0 spiro atoms. The Morgan fingerprint density at radius 2 is 2.00 bits per heavy atom. The Balaban J connectivity index is 2.03. The third kappa shape index (κ3) is 3.79. The molecule has 2 rings (SSSR count). The van der Waals surface area contributed by atoms with Gasteiger partial charge in [-0.05, 0) is 37.1 Å². The van der Waals surface area contributed by atoms with E-state index in [0.29, 0.717) is 10.6 Å². The lowest BCUT2D eigenvalue weighted by Gasteiger charge is -2.05. The molecule has 0 aliphatic carbocycles. The third-order valence-corrected chi connectivity index (χ3v) is 3.39. The van der Waals surface area contributed by atoms with Crippen LogP contribution < -0.4 is 9.54 Å². The van der Waals surface area contributed by atoms with E-state index in [2.05, 4.69) is 11.1 Å². The maximum absolute atomic E-state index is 11.7. The van der Waals surface area contributed by atoms with Crippen molar-refractivity contribution in [3.05, 3.63) is 45.7 Å². The maximum atomic E-state index is 11.7. The number of carbonyl (C=O) groups is 1. The lowest BCUT2D eigenvalue weighted by atomic mass is 10.1. The van der Waals surface area contributed by atoms with Crippen LogP contribution >= 0.6 is 11.3 Å². The summed E-state index contributed by atoms with van der Waals surface area (Å²) >= 11 is 1.42. The Bertz CT molecular complexity index is 635. The Hall–Kier alpha value is -1.88. The number of hydrogen-bond donors (Lipinski definition) is 0. The predicted octanol–water partition coefficient (Wildman–Crippen LogP) is 2.21. The quantitative estimate of drug-likeness (QED) is 0.862. The van der Waals surface area contributed by atoms with Gasteiger partial charge < -0.3 is 9.30 Å². The molecule has 0 saturated carbocycles. The van der Waals surface area contributed by atoms with Crippen LogP contribution in [0.5, 0.6) is 5.75 Å². The molecule has 0 N–H and O–H groups in total. The van der Waals surface area contributed by atoms with Gasteiger partial charge in [-0.1, -0.05) is 6.07 Å². The van der Waals surface area contributed by atoms with Crippen molar-refractivity contribution >= 4 is 17.2 Å². The number of aromatic nitrogens is 1. The molecule has 19 heavy (non-hydrogen) atoms. The predicted molar refractivity (Wildman–Crippen MR) is 75.3 cm³/mol. The normalized spacial score (nSPS) is 11.6. The van der Waals surface area contributed by atoms with E-state index in [1.54, 1.807) is 4.57 Å². The van der Waals surface area contributed by atoms with Gasteiger partial charge >= 0.3 is 0 Å². The van der Waals surface area contributed by atoms with E-state index in [-0.39, 0.29) is 12.5 Å². The number of carbonyl (C=O) groups excluding carboxylic acids is 1. The minimum atomic E-state index is -0.280. The highest BCUT2D eigenvalue weighted by molar-refractivity contribution is 7.07. The zero-order valence-electron chi connectivity index (χ0n) is 11.2. The van der Waals surface area contributed by atoms with Gasteiger partial charge in [0, 0.05) is 18.6 Å². The smallest absolute Gasteiger partial charge is 0.286 e. The zero-order chi connectivity index (χ0) is 13.8. The van der Waals surface area contributed by atoms with Crippen LogP contribution in [0.3, 0.4) is 0 Å². The van der Waals surface area contributed by atoms with Crippen LogP contribution in [0, 0.1) is 13.8 Å². The van der Waals surface area contributed by atoms with Crippen molar-refractivity contribution in [2.75, 3.05) is 6.61 Å². The fourth-order valence-electron chi connectivity index (χ4n) is 1.73. The van der Waals surface area contributed by atoms with Crippen LogP contribution in [0.4, 0.5) is 0 Å². The second-order valence-corrected chi connectivity index (χ2v) is 5.29. The second-order valence-electron chi connectivity index (χ2n) is 4.41. The van der Waals surface area contributed by atoms with E-state index in [4.69, 9.17) is 4.74 Å². The van der Waals surface area contributed by atoms with E-state index in [9.17, 15) is 4.79 Å². The third-order valence-electron chi connectivity index (χ3n) is 2.54. The summed E-state index contributed by atoms with van der Waals surface area (Å²) < 4.78 is 7.28. The minimum Gasteiger partial charge on any atom is -0.484 e. The number of nitrogens with zero attached hydrogens (tertiary/aromatic N) is 2. The molecular formula is C14H16N2O2S. The second kappa shape index (κ2) is 5.84. The van der Waals surface area contributed by atoms with Crippen molar-refractivity contribution in [3.8, 4) is 5.75 Å². The monoisotopic (exact) mass is 276 g/mol. The molecule has 1 amide bonds. The molecule has 1 heterocycles. The molecule has 0 bridgehead atoms. The number of rotatable bonds is 3. The number of thiazole rings is 1. The lowest BCUT2D eigenvalue weighted by molar-refractivity contribution is -0.120. The zero-order valence-corrected chi connectivity index (χ0v) is 12.0. The van der Waals surface area contributed by atoms with Crippen LogP contribution in [0.2, 0.25) is 0 Å². The van der Waals surface area contributed by atoms with Crippen LogP contribution in [0.15, 0.2) is 34.8 Å². The molecule has 1 aromatic carbocycles. The van der Waals surface area contributed by atoms with Crippen LogP contribution in [-0.2, 0) is 11.8 Å². The SMILES string of the molecule is Cc1cc(C)cc(OCC(=O)N=c2sccn2C)c1. The van der Waals surface area contributed by atoms with Crippen molar-refractivity contribution < 1.29 is 9.53 Å². The van der Waals surface area contributed by atoms with Gasteiger partial charge in [-0.15, -0.1) is 11.3 Å². The fraction of sp³-hybridized carbons (Fsp3) is 0.286. The summed E-state index contributed by atoms with van der Waals surface area (Å²) in [5, 5.41) is 1.89. The van der Waals surface area contributed by atoms with Gasteiger partial charge in [-0.25, -0.2) is 0 Å². The highest BCUT2D eigenvalue weighted by Crippen LogP contribution is 2.15. The number of aryl methyl sites for hydroxylation is 3. The van der Waals surface area contributed by atoms with Crippen molar-refractivity contribution in [2.24, 2.45) is 12.0 Å². The molecule has 2 aromatic rings. The first-order valence-electron chi connectivity index (χ1n) is 5.93. The first kappa shape index (κ1) is 13.5. The van der Waals surface area contributed by atoms with Gasteiger partial charge in [-0.3, -0.25) is 4.79 Å². The highest BCUT2D eigenvalue weighted by atomic mass is 32.1. The van der Waals surface area contributed by atoms with Gasteiger partial charge in [0.15, 0.2) is 11.4 Å². The summed E-state index contributed by atoms with van der Waals surface area (Å²) in [4.78, 5) is 16.4. The minimum absolute atomic E-state index is 0.0409. The Labute approximate surface area is 116 Å². The summed E-state index contributed by atoms with van der Waals surface area (Å²) in [6.07, 6.45) is 1.86. The number of ether oxygens (including phenoxy) is 1. The molecular weight excluding hydrogens is 260 g/mol. The molecule has 4 nitrogen and oxygen atoms in total. The first-order chi connectivity index (χ1) is 9.04. The van der Waals surface area contributed by atoms with Crippen LogP contribution in [0.25, 0.3) is 0 Å². The summed E-state index contributed by atoms with van der Waals surface area (Å²) in [6, 6.07) is 5.88. The van der Waals surface area contributed by atoms with E-state index >= 15 is 0 Å². The van der Waals surface area contributed by atoms with Crippen LogP contribution in [-0.4, -0.2) is 17.1 Å². The summed E-state index contributed by atoms with van der Waals surface area (Å²) in [6.45, 7) is 3.95.